The number of ketones is 1. The standard InChI is InChI=1S/C19H24N4O4/c1-12-9-13-14(15(24)10-12)11-20-17-16(13)18(25)21-19(26)23(17)4-2-3-22-5-7-27-8-6-22/h11-12H,2-10H2,1H3,(H,21,25,26)/t12-/m0/s1. The third kappa shape index (κ3) is 3.46. The Hall–Kier alpha value is -2.32. The first kappa shape index (κ1) is 18.1. The fourth-order valence-corrected chi connectivity index (χ4v) is 4.09. The number of aromatic amines is 1. The highest BCUT2D eigenvalue weighted by Gasteiger charge is 2.27. The molecule has 0 bridgehead atoms. The molecule has 0 radical (unpaired) electrons. The largest absolute Gasteiger partial charge is 0.379 e. The molecule has 8 heteroatoms. The van der Waals surface area contributed by atoms with E-state index in [0.717, 1.165) is 44.8 Å². The topological polar surface area (TPSA) is 97.3 Å². The van der Waals surface area contributed by atoms with E-state index in [2.05, 4.69) is 14.9 Å². The van der Waals surface area contributed by atoms with Crippen molar-refractivity contribution in [1.29, 1.82) is 0 Å². The molecule has 3 heterocycles. The summed E-state index contributed by atoms with van der Waals surface area (Å²) < 4.78 is 6.88. The van der Waals surface area contributed by atoms with Crippen LogP contribution in [0.4, 0.5) is 0 Å². The predicted molar refractivity (Wildman–Crippen MR) is 100 cm³/mol. The molecule has 144 valence electrons. The van der Waals surface area contributed by atoms with Gasteiger partial charge in [-0.05, 0) is 24.3 Å². The number of pyridine rings is 1. The zero-order valence-corrected chi connectivity index (χ0v) is 15.5. The maximum absolute atomic E-state index is 12.5. The number of Topliss-reactive ketones (excluding diaryl/α,β-unsaturated/α-hetero) is 1. The molecule has 27 heavy (non-hydrogen) atoms. The van der Waals surface area contributed by atoms with Crippen LogP contribution in [-0.2, 0) is 17.7 Å². The fourth-order valence-electron chi connectivity index (χ4n) is 4.09. The van der Waals surface area contributed by atoms with Gasteiger partial charge in [0.05, 0.1) is 18.6 Å². The van der Waals surface area contributed by atoms with Gasteiger partial charge in [0.2, 0.25) is 0 Å². The van der Waals surface area contributed by atoms with E-state index in [9.17, 15) is 14.4 Å². The van der Waals surface area contributed by atoms with Gasteiger partial charge in [-0.3, -0.25) is 24.0 Å². The van der Waals surface area contributed by atoms with Crippen LogP contribution in [0, 0.1) is 5.92 Å². The Balaban J connectivity index is 1.69. The number of hydrogen-bond acceptors (Lipinski definition) is 6. The molecule has 1 N–H and O–H groups in total. The summed E-state index contributed by atoms with van der Waals surface area (Å²) >= 11 is 0. The van der Waals surface area contributed by atoms with Crippen LogP contribution in [-0.4, -0.2) is 58.1 Å². The first-order valence-corrected chi connectivity index (χ1v) is 9.52. The van der Waals surface area contributed by atoms with E-state index in [1.165, 1.54) is 10.8 Å². The van der Waals surface area contributed by atoms with E-state index in [0.29, 0.717) is 36.0 Å². The third-order valence-electron chi connectivity index (χ3n) is 5.46. The lowest BCUT2D eigenvalue weighted by atomic mass is 9.84. The van der Waals surface area contributed by atoms with Crippen molar-refractivity contribution in [3.8, 4) is 0 Å². The molecule has 1 aliphatic carbocycles. The number of fused-ring (bicyclic) bond motifs is 3. The molecular formula is C19H24N4O4. The fraction of sp³-hybridized carbons (Fsp3) is 0.579. The van der Waals surface area contributed by atoms with Crippen molar-refractivity contribution in [2.75, 3.05) is 32.8 Å². The predicted octanol–water partition coefficient (Wildman–Crippen LogP) is 0.572. The van der Waals surface area contributed by atoms with Crippen LogP contribution < -0.4 is 11.2 Å². The first-order chi connectivity index (χ1) is 13.0. The molecule has 0 unspecified atom stereocenters. The summed E-state index contributed by atoms with van der Waals surface area (Å²) in [4.78, 5) is 46.3. The molecular weight excluding hydrogens is 348 g/mol. The summed E-state index contributed by atoms with van der Waals surface area (Å²) in [6.07, 6.45) is 3.42. The second kappa shape index (κ2) is 7.36. The van der Waals surface area contributed by atoms with Crippen LogP contribution in [0.5, 0.6) is 0 Å². The number of carbonyl (C=O) groups excluding carboxylic acids is 1. The molecule has 0 spiro atoms. The number of nitrogens with one attached hydrogen (secondary N) is 1. The average molecular weight is 372 g/mol. The SMILES string of the molecule is C[C@@H]1CC(=O)c2cnc3c(c2C1)c(=O)[nH]c(=O)n3CCCN1CCOCC1. The third-order valence-corrected chi connectivity index (χ3v) is 5.46. The van der Waals surface area contributed by atoms with Crippen LogP contribution in [0.15, 0.2) is 15.8 Å². The lowest BCUT2D eigenvalue weighted by Gasteiger charge is -2.26. The molecule has 8 nitrogen and oxygen atoms in total. The van der Waals surface area contributed by atoms with E-state index >= 15 is 0 Å². The molecule has 0 amide bonds. The number of carbonyl (C=O) groups is 1. The summed E-state index contributed by atoms with van der Waals surface area (Å²) in [5, 5.41) is 0.387. The molecule has 1 atom stereocenters. The molecule has 0 aromatic carbocycles. The lowest BCUT2D eigenvalue weighted by molar-refractivity contribution is 0.0369. The number of rotatable bonds is 4. The summed E-state index contributed by atoms with van der Waals surface area (Å²) in [7, 11) is 0. The van der Waals surface area contributed by atoms with Crippen LogP contribution >= 0.6 is 0 Å². The number of ether oxygens (including phenoxy) is 1. The number of morpholine rings is 1. The summed E-state index contributed by atoms with van der Waals surface area (Å²) in [6.45, 7) is 6.60. The Labute approximate surface area is 156 Å². The minimum Gasteiger partial charge on any atom is -0.379 e. The monoisotopic (exact) mass is 372 g/mol. The van der Waals surface area contributed by atoms with Gasteiger partial charge in [-0.1, -0.05) is 6.92 Å². The van der Waals surface area contributed by atoms with Crippen molar-refractivity contribution in [2.24, 2.45) is 5.92 Å². The number of aryl methyl sites for hydroxylation is 1. The Bertz CT molecular complexity index is 988. The smallest absolute Gasteiger partial charge is 0.329 e. The van der Waals surface area contributed by atoms with E-state index in [4.69, 9.17) is 4.74 Å². The maximum atomic E-state index is 12.5. The molecule has 2 aromatic heterocycles. The number of H-pyrrole nitrogens is 1. The van der Waals surface area contributed by atoms with Crippen LogP contribution in [0.3, 0.4) is 0 Å². The minimum absolute atomic E-state index is 0.0163. The Kier molecular flexibility index (Phi) is 4.92. The molecule has 0 saturated carbocycles. The first-order valence-electron chi connectivity index (χ1n) is 9.52. The highest BCUT2D eigenvalue weighted by Crippen LogP contribution is 2.28. The molecule has 1 saturated heterocycles. The van der Waals surface area contributed by atoms with Crippen LogP contribution in [0.2, 0.25) is 0 Å². The Morgan fingerprint density at radius 1 is 1.19 bits per heavy atom. The van der Waals surface area contributed by atoms with Gasteiger partial charge in [0.25, 0.3) is 5.56 Å². The van der Waals surface area contributed by atoms with Gasteiger partial charge in [0, 0.05) is 44.4 Å². The summed E-state index contributed by atoms with van der Waals surface area (Å²) in [5.41, 5.74) is 0.728. The van der Waals surface area contributed by atoms with Crippen molar-refractivity contribution in [3.05, 3.63) is 38.2 Å². The average Bonchev–Trinajstić information content (AvgIpc) is 2.64. The van der Waals surface area contributed by atoms with Crippen LogP contribution in [0.1, 0.15) is 35.7 Å². The van der Waals surface area contributed by atoms with E-state index < -0.39 is 11.2 Å². The van der Waals surface area contributed by atoms with Crippen molar-refractivity contribution in [3.63, 3.8) is 0 Å². The Morgan fingerprint density at radius 3 is 2.74 bits per heavy atom. The second-order valence-electron chi connectivity index (χ2n) is 7.50. The number of hydrogen-bond donors (Lipinski definition) is 1. The zero-order chi connectivity index (χ0) is 19.0. The second-order valence-corrected chi connectivity index (χ2v) is 7.50. The summed E-state index contributed by atoms with van der Waals surface area (Å²) in [6, 6.07) is 0. The summed E-state index contributed by atoms with van der Waals surface area (Å²) in [5.74, 6) is 0.194. The molecule has 2 aliphatic rings. The quantitative estimate of drug-likeness (QED) is 0.843. The highest BCUT2D eigenvalue weighted by molar-refractivity contribution is 6.02. The molecule has 2 aromatic rings. The van der Waals surface area contributed by atoms with E-state index in [1.807, 2.05) is 6.92 Å². The van der Waals surface area contributed by atoms with E-state index in [-0.39, 0.29) is 11.7 Å². The Morgan fingerprint density at radius 2 is 1.96 bits per heavy atom. The number of nitrogens with zero attached hydrogens (tertiary/aromatic N) is 3. The molecule has 4 rings (SSSR count). The van der Waals surface area contributed by atoms with E-state index in [1.54, 1.807) is 0 Å². The molecule has 1 fully saturated rings. The normalized spacial score (nSPS) is 20.8. The van der Waals surface area contributed by atoms with Gasteiger partial charge < -0.3 is 4.74 Å². The lowest BCUT2D eigenvalue weighted by Crippen LogP contribution is -2.38. The zero-order valence-electron chi connectivity index (χ0n) is 15.5. The molecule has 1 aliphatic heterocycles. The van der Waals surface area contributed by atoms with Gasteiger partial charge in [-0.25, -0.2) is 9.78 Å². The van der Waals surface area contributed by atoms with Crippen molar-refractivity contribution < 1.29 is 9.53 Å². The van der Waals surface area contributed by atoms with Crippen molar-refractivity contribution >= 4 is 16.8 Å². The van der Waals surface area contributed by atoms with Crippen molar-refractivity contribution in [1.82, 2.24) is 19.4 Å². The van der Waals surface area contributed by atoms with Gasteiger partial charge in [-0.15, -0.1) is 0 Å². The van der Waals surface area contributed by atoms with Gasteiger partial charge in [-0.2, -0.15) is 0 Å². The van der Waals surface area contributed by atoms with Gasteiger partial charge in [0.1, 0.15) is 5.65 Å². The number of aromatic nitrogens is 3. The highest BCUT2D eigenvalue weighted by atomic mass is 16.5. The maximum Gasteiger partial charge on any atom is 0.329 e. The minimum atomic E-state index is -0.453. The van der Waals surface area contributed by atoms with Gasteiger partial charge >= 0.3 is 5.69 Å². The van der Waals surface area contributed by atoms with Crippen LogP contribution in [0.25, 0.3) is 11.0 Å². The van der Waals surface area contributed by atoms with Gasteiger partial charge in [0.15, 0.2) is 5.78 Å². The van der Waals surface area contributed by atoms with Crippen molar-refractivity contribution in [2.45, 2.75) is 32.7 Å².